The van der Waals surface area contributed by atoms with Gasteiger partial charge in [-0.25, -0.2) is 0 Å². The van der Waals surface area contributed by atoms with E-state index >= 15 is 0 Å². The van der Waals surface area contributed by atoms with Crippen LogP contribution in [0.5, 0.6) is 11.5 Å². The van der Waals surface area contributed by atoms with Crippen molar-refractivity contribution in [3.63, 3.8) is 0 Å². The Bertz CT molecular complexity index is 802. The molecule has 26 heavy (non-hydrogen) atoms. The summed E-state index contributed by atoms with van der Waals surface area (Å²) in [5.41, 5.74) is 3.19. The molecule has 0 saturated heterocycles. The van der Waals surface area contributed by atoms with Gasteiger partial charge in [0, 0.05) is 17.4 Å². The van der Waals surface area contributed by atoms with Crippen molar-refractivity contribution in [1.29, 1.82) is 0 Å². The summed E-state index contributed by atoms with van der Waals surface area (Å²) in [5.74, 6) is -0.386. The van der Waals surface area contributed by atoms with Crippen LogP contribution in [-0.4, -0.2) is 25.0 Å². The molecule has 0 aliphatic carbocycles. The zero-order valence-corrected chi connectivity index (χ0v) is 15.5. The topological polar surface area (TPSA) is 76.7 Å². The first kappa shape index (κ1) is 19.3. The molecule has 0 aliphatic rings. The number of ether oxygens (including phenoxy) is 2. The fourth-order valence-electron chi connectivity index (χ4n) is 2.32. The van der Waals surface area contributed by atoms with Crippen LogP contribution < -0.4 is 20.1 Å². The van der Waals surface area contributed by atoms with Crippen molar-refractivity contribution in [1.82, 2.24) is 0 Å². The van der Waals surface area contributed by atoms with E-state index in [9.17, 15) is 9.59 Å². The highest BCUT2D eigenvalue weighted by Crippen LogP contribution is 2.30. The van der Waals surface area contributed by atoms with Crippen molar-refractivity contribution in [2.45, 2.75) is 27.7 Å². The predicted octanol–water partition coefficient (Wildman–Crippen LogP) is 3.68. The number of carbonyl (C=O) groups is 2. The van der Waals surface area contributed by atoms with Gasteiger partial charge in [0.05, 0.1) is 13.2 Å². The molecule has 2 rings (SSSR count). The third-order valence-corrected chi connectivity index (χ3v) is 3.77. The van der Waals surface area contributed by atoms with Crippen molar-refractivity contribution >= 4 is 23.2 Å². The molecule has 6 nitrogen and oxygen atoms in total. The highest BCUT2D eigenvalue weighted by molar-refractivity contribution is 6.43. The molecule has 0 fully saturated rings. The molecule has 0 aliphatic heterocycles. The summed E-state index contributed by atoms with van der Waals surface area (Å²) in [7, 11) is 0. The maximum absolute atomic E-state index is 12.2. The zero-order valence-electron chi connectivity index (χ0n) is 15.5. The van der Waals surface area contributed by atoms with Crippen LogP contribution >= 0.6 is 0 Å². The van der Waals surface area contributed by atoms with Crippen LogP contribution in [0.1, 0.15) is 25.0 Å². The molecular formula is C20H24N2O4. The van der Waals surface area contributed by atoms with Gasteiger partial charge in [0.2, 0.25) is 0 Å². The summed E-state index contributed by atoms with van der Waals surface area (Å²) < 4.78 is 11.0. The van der Waals surface area contributed by atoms with E-state index in [0.29, 0.717) is 36.1 Å². The van der Waals surface area contributed by atoms with Gasteiger partial charge in [0.15, 0.2) is 11.5 Å². The zero-order chi connectivity index (χ0) is 19.1. The second-order valence-electron chi connectivity index (χ2n) is 5.73. The Labute approximate surface area is 153 Å². The van der Waals surface area contributed by atoms with Crippen molar-refractivity contribution in [3.8, 4) is 11.5 Å². The molecule has 2 aromatic carbocycles. The summed E-state index contributed by atoms with van der Waals surface area (Å²) in [5, 5.41) is 5.16. The second-order valence-corrected chi connectivity index (χ2v) is 5.73. The SMILES string of the molecule is CCOc1ccc(NC(=O)C(=O)Nc2ccc(C)c(C)c2)cc1OCC. The normalized spacial score (nSPS) is 10.2. The van der Waals surface area contributed by atoms with Crippen molar-refractivity contribution in [3.05, 3.63) is 47.5 Å². The van der Waals surface area contributed by atoms with Crippen molar-refractivity contribution < 1.29 is 19.1 Å². The number of rotatable bonds is 6. The van der Waals surface area contributed by atoms with Gasteiger partial charge >= 0.3 is 11.8 Å². The number of benzene rings is 2. The van der Waals surface area contributed by atoms with Gasteiger partial charge in [-0.2, -0.15) is 0 Å². The molecular weight excluding hydrogens is 332 g/mol. The fourth-order valence-corrected chi connectivity index (χ4v) is 2.32. The number of hydrogen-bond donors (Lipinski definition) is 2. The van der Waals surface area contributed by atoms with Crippen LogP contribution in [0.15, 0.2) is 36.4 Å². The van der Waals surface area contributed by atoms with Crippen LogP contribution in [0.3, 0.4) is 0 Å². The number of anilines is 2. The molecule has 0 spiro atoms. The smallest absolute Gasteiger partial charge is 0.314 e. The lowest BCUT2D eigenvalue weighted by Crippen LogP contribution is -2.29. The minimum absolute atomic E-state index is 0.456. The maximum Gasteiger partial charge on any atom is 0.314 e. The molecule has 138 valence electrons. The Kier molecular flexibility index (Phi) is 6.60. The number of amides is 2. The van der Waals surface area contributed by atoms with Gasteiger partial charge in [-0.05, 0) is 63.1 Å². The van der Waals surface area contributed by atoms with E-state index in [1.165, 1.54) is 0 Å². The molecule has 0 radical (unpaired) electrons. The standard InChI is InChI=1S/C20H24N2O4/c1-5-25-17-10-9-16(12-18(17)26-6-2)22-20(24)19(23)21-15-8-7-13(3)14(4)11-15/h7-12H,5-6H2,1-4H3,(H,21,23)(H,22,24). The van der Waals surface area contributed by atoms with Gasteiger partial charge in [0.25, 0.3) is 0 Å². The molecule has 0 saturated carbocycles. The monoisotopic (exact) mass is 356 g/mol. The van der Waals surface area contributed by atoms with E-state index in [0.717, 1.165) is 11.1 Å². The number of nitrogens with one attached hydrogen (secondary N) is 2. The van der Waals surface area contributed by atoms with E-state index in [1.54, 1.807) is 24.3 Å². The molecule has 0 heterocycles. The quantitative estimate of drug-likeness (QED) is 0.774. The van der Waals surface area contributed by atoms with E-state index in [2.05, 4.69) is 10.6 Å². The van der Waals surface area contributed by atoms with Gasteiger partial charge in [-0.3, -0.25) is 9.59 Å². The number of carbonyl (C=O) groups excluding carboxylic acids is 2. The first-order chi connectivity index (χ1) is 12.4. The Morgan fingerprint density at radius 2 is 1.31 bits per heavy atom. The largest absolute Gasteiger partial charge is 0.490 e. The number of aryl methyl sites for hydroxylation is 2. The minimum Gasteiger partial charge on any atom is -0.490 e. The van der Waals surface area contributed by atoms with E-state index in [-0.39, 0.29) is 0 Å². The lowest BCUT2D eigenvalue weighted by molar-refractivity contribution is -0.133. The predicted molar refractivity (Wildman–Crippen MR) is 102 cm³/mol. The van der Waals surface area contributed by atoms with Crippen molar-refractivity contribution in [2.24, 2.45) is 0 Å². The highest BCUT2D eigenvalue weighted by Gasteiger charge is 2.15. The third kappa shape index (κ3) is 4.99. The van der Waals surface area contributed by atoms with Crippen molar-refractivity contribution in [2.75, 3.05) is 23.8 Å². The van der Waals surface area contributed by atoms with Crippen LogP contribution in [-0.2, 0) is 9.59 Å². The Morgan fingerprint density at radius 3 is 1.88 bits per heavy atom. The van der Waals surface area contributed by atoms with E-state index < -0.39 is 11.8 Å². The Balaban J connectivity index is 2.06. The molecule has 6 heteroatoms. The average molecular weight is 356 g/mol. The van der Waals surface area contributed by atoms with Gasteiger partial charge in [0.1, 0.15) is 0 Å². The molecule has 0 aromatic heterocycles. The van der Waals surface area contributed by atoms with Crippen LogP contribution in [0, 0.1) is 13.8 Å². The fraction of sp³-hybridized carbons (Fsp3) is 0.300. The third-order valence-electron chi connectivity index (χ3n) is 3.77. The van der Waals surface area contributed by atoms with Crippen LogP contribution in [0.2, 0.25) is 0 Å². The summed E-state index contributed by atoms with van der Waals surface area (Å²) in [6.45, 7) is 8.63. The lowest BCUT2D eigenvalue weighted by atomic mass is 10.1. The van der Waals surface area contributed by atoms with Crippen LogP contribution in [0.25, 0.3) is 0 Å². The van der Waals surface area contributed by atoms with Gasteiger partial charge in [-0.15, -0.1) is 0 Å². The highest BCUT2D eigenvalue weighted by atomic mass is 16.5. The van der Waals surface area contributed by atoms with E-state index in [4.69, 9.17) is 9.47 Å². The summed E-state index contributed by atoms with van der Waals surface area (Å²) in [6.07, 6.45) is 0. The van der Waals surface area contributed by atoms with E-state index in [1.807, 2.05) is 39.8 Å². The van der Waals surface area contributed by atoms with Gasteiger partial charge in [-0.1, -0.05) is 6.07 Å². The maximum atomic E-state index is 12.2. The lowest BCUT2D eigenvalue weighted by Gasteiger charge is -2.13. The number of hydrogen-bond acceptors (Lipinski definition) is 4. The molecule has 0 bridgehead atoms. The molecule has 2 aromatic rings. The average Bonchev–Trinajstić information content (AvgIpc) is 2.60. The Hall–Kier alpha value is -3.02. The summed E-state index contributed by atoms with van der Waals surface area (Å²) in [4.78, 5) is 24.3. The molecule has 0 atom stereocenters. The second kappa shape index (κ2) is 8.89. The molecule has 0 unspecified atom stereocenters. The first-order valence-corrected chi connectivity index (χ1v) is 8.53. The van der Waals surface area contributed by atoms with Gasteiger partial charge < -0.3 is 20.1 Å². The van der Waals surface area contributed by atoms with Crippen LogP contribution in [0.4, 0.5) is 11.4 Å². The summed E-state index contributed by atoms with van der Waals surface area (Å²) >= 11 is 0. The molecule has 2 N–H and O–H groups in total. The summed E-state index contributed by atoms with van der Waals surface area (Å²) in [6, 6.07) is 10.5. The Morgan fingerprint density at radius 1 is 0.769 bits per heavy atom. The first-order valence-electron chi connectivity index (χ1n) is 8.53. The minimum atomic E-state index is -0.755. The molecule has 2 amide bonds.